The van der Waals surface area contributed by atoms with Crippen LogP contribution in [0.4, 0.5) is 11.8 Å². The summed E-state index contributed by atoms with van der Waals surface area (Å²) in [7, 11) is 1.60. The molecule has 0 saturated heterocycles. The Bertz CT molecular complexity index is 595. The van der Waals surface area contributed by atoms with Crippen LogP contribution in [0.5, 0.6) is 0 Å². The van der Waals surface area contributed by atoms with Gasteiger partial charge in [0.05, 0.1) is 6.33 Å². The number of aromatic nitrogens is 4. The molecule has 2 heterocycles. The molecule has 108 valence electrons. The van der Waals surface area contributed by atoms with Crippen molar-refractivity contribution in [2.24, 2.45) is 0 Å². The van der Waals surface area contributed by atoms with Crippen molar-refractivity contribution in [3.8, 4) is 0 Å². The van der Waals surface area contributed by atoms with Crippen molar-refractivity contribution < 1.29 is 4.79 Å². The minimum Gasteiger partial charge on any atom is -0.357 e. The van der Waals surface area contributed by atoms with E-state index in [1.165, 1.54) is 0 Å². The summed E-state index contributed by atoms with van der Waals surface area (Å²) in [5.41, 5.74) is 1.24. The third kappa shape index (κ3) is 2.95. The van der Waals surface area contributed by atoms with Crippen molar-refractivity contribution >= 4 is 28.8 Å². The topological polar surface area (TPSA) is 108 Å². The van der Waals surface area contributed by atoms with Gasteiger partial charge in [0.1, 0.15) is 11.6 Å². The van der Waals surface area contributed by atoms with Crippen LogP contribution in [0.1, 0.15) is 20.3 Å². The molecule has 0 fully saturated rings. The van der Waals surface area contributed by atoms with Crippen molar-refractivity contribution in [1.82, 2.24) is 25.3 Å². The number of anilines is 2. The minimum absolute atomic E-state index is 0.112. The van der Waals surface area contributed by atoms with Crippen LogP contribution in [-0.4, -0.2) is 45.5 Å². The van der Waals surface area contributed by atoms with Crippen LogP contribution in [0.25, 0.3) is 11.2 Å². The number of aromatic amines is 1. The van der Waals surface area contributed by atoms with Crippen LogP contribution in [0.15, 0.2) is 6.33 Å². The zero-order valence-corrected chi connectivity index (χ0v) is 11.8. The summed E-state index contributed by atoms with van der Waals surface area (Å²) in [6.45, 7) is 4.61. The van der Waals surface area contributed by atoms with Crippen LogP contribution in [0.3, 0.4) is 0 Å². The molecule has 20 heavy (non-hydrogen) atoms. The van der Waals surface area contributed by atoms with Gasteiger partial charge in [0, 0.05) is 13.6 Å². The predicted octanol–water partition coefficient (Wildman–Crippen LogP) is 0.721. The lowest BCUT2D eigenvalue weighted by molar-refractivity contribution is -0.121. The Morgan fingerprint density at radius 3 is 2.95 bits per heavy atom. The predicted molar refractivity (Wildman–Crippen MR) is 77.6 cm³/mol. The Morgan fingerprint density at radius 1 is 1.45 bits per heavy atom. The number of likely N-dealkylation sites (N-methyl/N-ethyl adjacent to an activating group) is 1. The zero-order valence-electron chi connectivity index (χ0n) is 11.8. The molecule has 1 amide bonds. The largest absolute Gasteiger partial charge is 0.357 e. The van der Waals surface area contributed by atoms with Gasteiger partial charge in [-0.3, -0.25) is 4.79 Å². The summed E-state index contributed by atoms with van der Waals surface area (Å²) in [6, 6.07) is -0.402. The van der Waals surface area contributed by atoms with Crippen molar-refractivity contribution in [2.45, 2.75) is 26.3 Å². The van der Waals surface area contributed by atoms with Gasteiger partial charge < -0.3 is 20.9 Å². The molecule has 0 aliphatic rings. The maximum Gasteiger partial charge on any atom is 0.241 e. The standard InChI is InChI=1S/C12H19N7O/c1-4-5-14-12-18-9-8(15-6-16-9)10(19-12)17-7(2)11(20)13-3/h6-7H,4-5H2,1-3H3,(H,13,20)(H3,14,15,16,17,18,19). The number of fused-ring (bicyclic) bond motifs is 1. The Hall–Kier alpha value is -2.38. The summed E-state index contributed by atoms with van der Waals surface area (Å²) in [6.07, 6.45) is 2.53. The second-order valence-electron chi connectivity index (χ2n) is 4.40. The highest BCUT2D eigenvalue weighted by Crippen LogP contribution is 2.19. The van der Waals surface area contributed by atoms with E-state index in [0.29, 0.717) is 22.9 Å². The number of nitrogens with one attached hydrogen (secondary N) is 4. The molecule has 0 spiro atoms. The molecule has 1 unspecified atom stereocenters. The quantitative estimate of drug-likeness (QED) is 0.620. The van der Waals surface area contributed by atoms with Gasteiger partial charge in [0.25, 0.3) is 0 Å². The number of carbonyl (C=O) groups is 1. The van der Waals surface area contributed by atoms with Gasteiger partial charge in [0.2, 0.25) is 11.9 Å². The second-order valence-corrected chi connectivity index (χ2v) is 4.40. The maximum absolute atomic E-state index is 11.6. The highest BCUT2D eigenvalue weighted by atomic mass is 16.2. The second kappa shape index (κ2) is 6.18. The molecule has 0 saturated carbocycles. The molecule has 8 nitrogen and oxygen atoms in total. The van der Waals surface area contributed by atoms with E-state index in [9.17, 15) is 4.79 Å². The summed E-state index contributed by atoms with van der Waals surface area (Å²) < 4.78 is 0. The van der Waals surface area contributed by atoms with E-state index in [2.05, 4.69) is 42.8 Å². The van der Waals surface area contributed by atoms with Gasteiger partial charge >= 0.3 is 0 Å². The first-order valence-corrected chi connectivity index (χ1v) is 6.58. The molecule has 0 aromatic carbocycles. The molecule has 0 aliphatic heterocycles. The van der Waals surface area contributed by atoms with Crippen LogP contribution in [0.2, 0.25) is 0 Å². The fourth-order valence-electron chi connectivity index (χ4n) is 1.74. The Labute approximate surface area is 116 Å². The molecule has 1 atom stereocenters. The highest BCUT2D eigenvalue weighted by Gasteiger charge is 2.15. The van der Waals surface area contributed by atoms with E-state index in [1.54, 1.807) is 20.3 Å². The molecule has 8 heteroatoms. The van der Waals surface area contributed by atoms with Crippen LogP contribution < -0.4 is 16.0 Å². The van der Waals surface area contributed by atoms with Crippen molar-refractivity contribution in [3.63, 3.8) is 0 Å². The number of rotatable bonds is 6. The SMILES string of the molecule is CCCNc1nc(NC(C)C(=O)NC)c2[nH]cnc2n1. The summed E-state index contributed by atoms with van der Waals surface area (Å²) in [5, 5.41) is 8.77. The fourth-order valence-corrected chi connectivity index (χ4v) is 1.74. The Morgan fingerprint density at radius 2 is 2.25 bits per heavy atom. The van der Waals surface area contributed by atoms with Crippen LogP contribution >= 0.6 is 0 Å². The molecule has 2 aromatic rings. The van der Waals surface area contributed by atoms with Gasteiger partial charge in [-0.15, -0.1) is 0 Å². The smallest absolute Gasteiger partial charge is 0.241 e. The normalized spacial score (nSPS) is 12.2. The number of hydrogen-bond acceptors (Lipinski definition) is 6. The molecule has 0 aliphatic carbocycles. The number of H-pyrrole nitrogens is 1. The van der Waals surface area contributed by atoms with Gasteiger partial charge in [0.15, 0.2) is 11.5 Å². The summed E-state index contributed by atoms with van der Waals surface area (Å²) >= 11 is 0. The van der Waals surface area contributed by atoms with Crippen LogP contribution in [-0.2, 0) is 4.79 Å². The number of nitrogens with zero attached hydrogens (tertiary/aromatic N) is 3. The molecule has 2 aromatic heterocycles. The molecular weight excluding hydrogens is 258 g/mol. The van der Waals surface area contributed by atoms with E-state index >= 15 is 0 Å². The lowest BCUT2D eigenvalue weighted by atomic mass is 10.3. The molecule has 0 bridgehead atoms. The number of amides is 1. The van der Waals surface area contributed by atoms with Gasteiger partial charge in [-0.25, -0.2) is 4.98 Å². The molecule has 0 radical (unpaired) electrons. The Balaban J connectivity index is 2.29. The van der Waals surface area contributed by atoms with E-state index in [4.69, 9.17) is 0 Å². The first-order chi connectivity index (χ1) is 9.65. The summed E-state index contributed by atoms with van der Waals surface area (Å²) in [5.74, 6) is 0.944. The third-order valence-corrected chi connectivity index (χ3v) is 2.81. The number of hydrogen-bond donors (Lipinski definition) is 4. The van der Waals surface area contributed by atoms with E-state index in [-0.39, 0.29) is 5.91 Å². The van der Waals surface area contributed by atoms with Crippen LogP contribution in [0, 0.1) is 0 Å². The van der Waals surface area contributed by atoms with Gasteiger partial charge in [-0.05, 0) is 13.3 Å². The van der Waals surface area contributed by atoms with Gasteiger partial charge in [-0.2, -0.15) is 9.97 Å². The average molecular weight is 277 g/mol. The Kier molecular flexibility index (Phi) is 4.34. The van der Waals surface area contributed by atoms with Crippen molar-refractivity contribution in [1.29, 1.82) is 0 Å². The zero-order chi connectivity index (χ0) is 14.5. The molecule has 4 N–H and O–H groups in total. The van der Waals surface area contributed by atoms with Gasteiger partial charge in [-0.1, -0.05) is 6.92 Å². The van der Waals surface area contributed by atoms with E-state index < -0.39 is 6.04 Å². The minimum atomic E-state index is -0.402. The lowest BCUT2D eigenvalue weighted by Crippen LogP contribution is -2.35. The molecule has 2 rings (SSSR count). The maximum atomic E-state index is 11.6. The first-order valence-electron chi connectivity index (χ1n) is 6.58. The number of imidazole rings is 1. The number of carbonyl (C=O) groups excluding carboxylic acids is 1. The lowest BCUT2D eigenvalue weighted by Gasteiger charge is -2.14. The van der Waals surface area contributed by atoms with Crippen molar-refractivity contribution in [3.05, 3.63) is 6.33 Å². The monoisotopic (exact) mass is 277 g/mol. The average Bonchev–Trinajstić information content (AvgIpc) is 2.92. The fraction of sp³-hybridized carbons (Fsp3) is 0.500. The highest BCUT2D eigenvalue weighted by molar-refractivity contribution is 5.88. The molecular formula is C12H19N7O. The van der Waals surface area contributed by atoms with Crippen molar-refractivity contribution in [2.75, 3.05) is 24.2 Å². The first kappa shape index (κ1) is 14.0. The van der Waals surface area contributed by atoms with E-state index in [0.717, 1.165) is 13.0 Å². The van der Waals surface area contributed by atoms with E-state index in [1.807, 2.05) is 0 Å². The third-order valence-electron chi connectivity index (χ3n) is 2.81. The summed E-state index contributed by atoms with van der Waals surface area (Å²) in [4.78, 5) is 27.4.